The molecule has 1 aromatic heterocycles. The first kappa shape index (κ1) is 15.0. The smallest absolute Gasteiger partial charge is 0.307 e. The number of esters is 1. The van der Waals surface area contributed by atoms with E-state index in [-0.39, 0.29) is 12.4 Å². The fourth-order valence-electron chi connectivity index (χ4n) is 1.33. The van der Waals surface area contributed by atoms with Gasteiger partial charge in [-0.25, -0.2) is 0 Å². The lowest BCUT2D eigenvalue weighted by atomic mass is 10.1. The van der Waals surface area contributed by atoms with E-state index in [4.69, 9.17) is 9.84 Å². The fourth-order valence-corrected chi connectivity index (χ4v) is 3.27. The van der Waals surface area contributed by atoms with Crippen molar-refractivity contribution in [3.63, 3.8) is 0 Å². The second kappa shape index (κ2) is 8.16. The third-order valence-electron chi connectivity index (χ3n) is 2.27. The topological polar surface area (TPSA) is 63.6 Å². The van der Waals surface area contributed by atoms with E-state index in [1.807, 2.05) is 17.5 Å². The molecule has 0 radical (unpaired) electrons. The van der Waals surface area contributed by atoms with Crippen LogP contribution in [0, 0.1) is 5.92 Å². The molecule has 0 bridgehead atoms. The standard InChI is InChI=1S/C12H16O4S2/c1-2-16-10(13)6-5-9(12(14)15)8-18-11-4-3-7-17-11/h3-4,7,9H,2,5-6,8H2,1H3,(H,14,15). The van der Waals surface area contributed by atoms with E-state index in [1.165, 1.54) is 11.8 Å². The van der Waals surface area contributed by atoms with E-state index in [0.29, 0.717) is 18.8 Å². The Morgan fingerprint density at radius 3 is 2.89 bits per heavy atom. The Kier molecular flexibility index (Phi) is 6.82. The highest BCUT2D eigenvalue weighted by atomic mass is 32.2. The van der Waals surface area contributed by atoms with Crippen LogP contribution in [0.15, 0.2) is 21.7 Å². The molecule has 0 aliphatic heterocycles. The van der Waals surface area contributed by atoms with Crippen molar-refractivity contribution in [1.82, 2.24) is 0 Å². The first-order valence-electron chi connectivity index (χ1n) is 5.68. The Morgan fingerprint density at radius 2 is 2.33 bits per heavy atom. The summed E-state index contributed by atoms with van der Waals surface area (Å²) >= 11 is 3.10. The minimum absolute atomic E-state index is 0.163. The van der Waals surface area contributed by atoms with Gasteiger partial charge in [-0.3, -0.25) is 9.59 Å². The van der Waals surface area contributed by atoms with Crippen molar-refractivity contribution in [2.75, 3.05) is 12.4 Å². The van der Waals surface area contributed by atoms with E-state index in [9.17, 15) is 9.59 Å². The van der Waals surface area contributed by atoms with Crippen molar-refractivity contribution in [1.29, 1.82) is 0 Å². The minimum atomic E-state index is -0.858. The quantitative estimate of drug-likeness (QED) is 0.588. The first-order valence-corrected chi connectivity index (χ1v) is 7.54. The molecule has 4 nitrogen and oxygen atoms in total. The molecule has 100 valence electrons. The lowest BCUT2D eigenvalue weighted by Crippen LogP contribution is -2.18. The van der Waals surface area contributed by atoms with Gasteiger partial charge in [-0.1, -0.05) is 6.07 Å². The van der Waals surface area contributed by atoms with Crippen LogP contribution >= 0.6 is 23.1 Å². The molecule has 1 unspecified atom stereocenters. The molecule has 0 aliphatic carbocycles. The molecule has 0 saturated carbocycles. The summed E-state index contributed by atoms with van der Waals surface area (Å²) in [5.41, 5.74) is 0. The Bertz CT molecular complexity index is 375. The number of aliphatic carboxylic acids is 1. The van der Waals surface area contributed by atoms with E-state index >= 15 is 0 Å². The predicted octanol–water partition coefficient (Wildman–Crippen LogP) is 2.88. The molecule has 0 fully saturated rings. The number of ether oxygens (including phenoxy) is 1. The van der Waals surface area contributed by atoms with Crippen molar-refractivity contribution in [3.05, 3.63) is 17.5 Å². The molecule has 0 amide bonds. The molecule has 6 heteroatoms. The average molecular weight is 288 g/mol. The highest BCUT2D eigenvalue weighted by Crippen LogP contribution is 2.27. The zero-order valence-corrected chi connectivity index (χ0v) is 11.8. The summed E-state index contributed by atoms with van der Waals surface area (Å²) in [6, 6.07) is 3.89. The van der Waals surface area contributed by atoms with Crippen LogP contribution in [0.25, 0.3) is 0 Å². The van der Waals surface area contributed by atoms with Crippen LogP contribution in [0.4, 0.5) is 0 Å². The lowest BCUT2D eigenvalue weighted by molar-refractivity contribution is -0.144. The summed E-state index contributed by atoms with van der Waals surface area (Å²) in [4.78, 5) is 22.3. The minimum Gasteiger partial charge on any atom is -0.481 e. The Morgan fingerprint density at radius 1 is 1.56 bits per heavy atom. The maximum Gasteiger partial charge on any atom is 0.307 e. The summed E-state index contributed by atoms with van der Waals surface area (Å²) in [5.74, 6) is -1.22. The largest absolute Gasteiger partial charge is 0.481 e. The molecule has 0 aromatic carbocycles. The highest BCUT2D eigenvalue weighted by molar-refractivity contribution is 8.01. The molecule has 1 rings (SSSR count). The fraction of sp³-hybridized carbons (Fsp3) is 0.500. The van der Waals surface area contributed by atoms with Crippen molar-refractivity contribution in [2.45, 2.75) is 24.0 Å². The number of thioether (sulfide) groups is 1. The van der Waals surface area contributed by atoms with Crippen molar-refractivity contribution in [3.8, 4) is 0 Å². The Hall–Kier alpha value is -1.01. The van der Waals surface area contributed by atoms with E-state index in [2.05, 4.69) is 0 Å². The number of carboxylic acids is 1. The summed E-state index contributed by atoms with van der Waals surface area (Å²) < 4.78 is 5.88. The third kappa shape index (κ3) is 5.55. The van der Waals surface area contributed by atoms with Crippen LogP contribution in [0.3, 0.4) is 0 Å². The normalized spacial score (nSPS) is 12.1. The molecule has 18 heavy (non-hydrogen) atoms. The van der Waals surface area contributed by atoms with Crippen molar-refractivity contribution in [2.24, 2.45) is 5.92 Å². The summed E-state index contributed by atoms with van der Waals surface area (Å²) in [5, 5.41) is 11.0. The molecular weight excluding hydrogens is 272 g/mol. The molecule has 1 aromatic rings. The molecule has 1 N–H and O–H groups in total. The number of carboxylic acid groups (broad SMARTS) is 1. The van der Waals surface area contributed by atoms with Gasteiger partial charge in [-0.2, -0.15) is 0 Å². The number of rotatable bonds is 8. The molecule has 1 atom stereocenters. The zero-order valence-electron chi connectivity index (χ0n) is 10.1. The van der Waals surface area contributed by atoms with Crippen molar-refractivity contribution >= 4 is 35.0 Å². The van der Waals surface area contributed by atoms with Gasteiger partial charge < -0.3 is 9.84 Å². The third-order valence-corrected chi connectivity index (χ3v) is 4.57. The molecular formula is C12H16O4S2. The van der Waals surface area contributed by atoms with Gasteiger partial charge in [0.05, 0.1) is 16.7 Å². The maximum absolute atomic E-state index is 11.2. The number of carbonyl (C=O) groups is 2. The number of carbonyl (C=O) groups excluding carboxylic acids is 1. The molecule has 0 aliphatic rings. The first-order chi connectivity index (χ1) is 8.63. The van der Waals surface area contributed by atoms with E-state index in [1.54, 1.807) is 18.3 Å². The lowest BCUT2D eigenvalue weighted by Gasteiger charge is -2.10. The number of thiophene rings is 1. The van der Waals surface area contributed by atoms with Crippen LogP contribution in [0.2, 0.25) is 0 Å². The Labute approximate surface area is 114 Å². The summed E-state index contributed by atoms with van der Waals surface area (Å²) in [6.07, 6.45) is 0.488. The monoisotopic (exact) mass is 288 g/mol. The predicted molar refractivity (Wildman–Crippen MR) is 72.0 cm³/mol. The van der Waals surface area contributed by atoms with Gasteiger partial charge in [0, 0.05) is 12.2 Å². The Balaban J connectivity index is 2.35. The molecule has 0 spiro atoms. The van der Waals surface area contributed by atoms with Crippen LogP contribution in [-0.4, -0.2) is 29.4 Å². The van der Waals surface area contributed by atoms with Gasteiger partial charge in [0.25, 0.3) is 0 Å². The average Bonchev–Trinajstić information content (AvgIpc) is 2.81. The number of hydrogen-bond donors (Lipinski definition) is 1. The van der Waals surface area contributed by atoms with E-state index < -0.39 is 11.9 Å². The van der Waals surface area contributed by atoms with Crippen LogP contribution in [0.5, 0.6) is 0 Å². The van der Waals surface area contributed by atoms with Gasteiger partial charge in [0.15, 0.2) is 0 Å². The molecule has 1 heterocycles. The zero-order chi connectivity index (χ0) is 13.4. The second-order valence-corrected chi connectivity index (χ2v) is 5.89. The SMILES string of the molecule is CCOC(=O)CCC(CSc1cccs1)C(=O)O. The number of hydrogen-bond acceptors (Lipinski definition) is 5. The van der Waals surface area contributed by atoms with Gasteiger partial charge in [0.1, 0.15) is 0 Å². The van der Waals surface area contributed by atoms with Gasteiger partial charge in [0.2, 0.25) is 0 Å². The van der Waals surface area contributed by atoms with Crippen LogP contribution < -0.4 is 0 Å². The second-order valence-electron chi connectivity index (χ2n) is 3.62. The maximum atomic E-state index is 11.2. The van der Waals surface area contributed by atoms with Crippen molar-refractivity contribution < 1.29 is 19.4 Å². The molecule has 0 saturated heterocycles. The highest BCUT2D eigenvalue weighted by Gasteiger charge is 2.19. The summed E-state index contributed by atoms with van der Waals surface area (Å²) in [6.45, 7) is 2.07. The van der Waals surface area contributed by atoms with Gasteiger partial charge in [-0.15, -0.1) is 23.1 Å². The van der Waals surface area contributed by atoms with Crippen LogP contribution in [-0.2, 0) is 14.3 Å². The van der Waals surface area contributed by atoms with Gasteiger partial charge in [-0.05, 0) is 24.8 Å². The van der Waals surface area contributed by atoms with Crippen LogP contribution in [0.1, 0.15) is 19.8 Å². The van der Waals surface area contributed by atoms with E-state index in [0.717, 1.165) is 4.21 Å². The summed E-state index contributed by atoms with van der Waals surface area (Å²) in [7, 11) is 0. The van der Waals surface area contributed by atoms with Gasteiger partial charge >= 0.3 is 11.9 Å².